The first kappa shape index (κ1) is 32.0. The molecule has 7 nitrogen and oxygen atoms in total. The van der Waals surface area contributed by atoms with Gasteiger partial charge in [-0.1, -0.05) is 61.3 Å². The Hall–Kier alpha value is -1.44. The summed E-state index contributed by atoms with van der Waals surface area (Å²) in [6.07, 6.45) is 6.36. The number of carbonyl (C=O) groups excluding carboxylic acids is 2. The van der Waals surface area contributed by atoms with Crippen molar-refractivity contribution in [2.45, 2.75) is 144 Å². The minimum Gasteiger partial charge on any atom is -0.461 e. The van der Waals surface area contributed by atoms with Gasteiger partial charge in [0.05, 0.1) is 24.2 Å². The molecule has 0 aromatic heterocycles. The summed E-state index contributed by atoms with van der Waals surface area (Å²) in [7, 11) is 0. The summed E-state index contributed by atoms with van der Waals surface area (Å²) < 4.78 is 18.4. The largest absolute Gasteiger partial charge is 0.461 e. The van der Waals surface area contributed by atoms with Crippen molar-refractivity contribution in [1.82, 2.24) is 0 Å². The highest BCUT2D eigenvalue weighted by molar-refractivity contribution is 5.95. The fourth-order valence-corrected chi connectivity index (χ4v) is 11.2. The second-order valence-electron chi connectivity index (χ2n) is 15.9. The molecule has 4 aliphatic carbocycles. The first-order valence-corrected chi connectivity index (χ1v) is 16.7. The third kappa shape index (κ3) is 4.53. The van der Waals surface area contributed by atoms with Gasteiger partial charge in [-0.25, -0.2) is 4.79 Å². The number of aliphatic hydroxyl groups excluding tert-OH is 1. The standard InChI is InChI=1S/C35H56O7/c1-10-31(5)14-12-15-32(6)23(31)13-16-33(7)24(32)19-26(41-27(37)17-21(36)20(3)4)34(8)25(33)18-22(40-11-2)28-29(34)30(38)42-35(28,9)39/h20-26,36,39H,10-19H2,1-9H3/t21?,22-,23+,24-,25+,26+,31+,32+,33-,34-,35+/m1/s1. The van der Waals surface area contributed by atoms with Crippen LogP contribution in [0.3, 0.4) is 0 Å². The van der Waals surface area contributed by atoms with Crippen molar-refractivity contribution >= 4 is 11.9 Å². The molecule has 5 aliphatic rings. The molecule has 42 heavy (non-hydrogen) atoms. The third-order valence-electron chi connectivity index (χ3n) is 13.5. The summed E-state index contributed by atoms with van der Waals surface area (Å²) >= 11 is 0. The number of carbonyl (C=O) groups is 2. The fourth-order valence-electron chi connectivity index (χ4n) is 11.2. The summed E-state index contributed by atoms with van der Waals surface area (Å²) in [6, 6.07) is 0. The molecule has 0 amide bonds. The quantitative estimate of drug-likeness (QED) is 0.335. The smallest absolute Gasteiger partial charge is 0.337 e. The Morgan fingerprint density at radius 2 is 1.67 bits per heavy atom. The maximum absolute atomic E-state index is 13.7. The Bertz CT molecular complexity index is 1130. The van der Waals surface area contributed by atoms with Crippen molar-refractivity contribution in [3.05, 3.63) is 11.1 Å². The topological polar surface area (TPSA) is 102 Å². The zero-order chi connectivity index (χ0) is 31.0. The molecule has 1 unspecified atom stereocenters. The van der Waals surface area contributed by atoms with E-state index in [1.165, 1.54) is 19.8 Å². The predicted molar refractivity (Wildman–Crippen MR) is 160 cm³/mol. The van der Waals surface area contributed by atoms with E-state index >= 15 is 0 Å². The maximum Gasteiger partial charge on any atom is 0.337 e. The molecule has 5 rings (SSSR count). The van der Waals surface area contributed by atoms with E-state index in [1.54, 1.807) is 0 Å². The van der Waals surface area contributed by atoms with Crippen LogP contribution in [0.1, 0.15) is 120 Å². The van der Waals surface area contributed by atoms with E-state index < -0.39 is 41.5 Å². The molecule has 0 aromatic rings. The number of hydrogen-bond acceptors (Lipinski definition) is 7. The highest BCUT2D eigenvalue weighted by Gasteiger charge is 2.72. The molecule has 3 fully saturated rings. The van der Waals surface area contributed by atoms with Crippen molar-refractivity contribution in [2.24, 2.45) is 45.3 Å². The van der Waals surface area contributed by atoms with Gasteiger partial charge < -0.3 is 24.4 Å². The number of fused-ring (bicyclic) bond motifs is 6. The number of ether oxygens (including phenoxy) is 3. The van der Waals surface area contributed by atoms with Crippen LogP contribution in [0.4, 0.5) is 0 Å². The van der Waals surface area contributed by atoms with Gasteiger partial charge in [-0.2, -0.15) is 0 Å². The van der Waals surface area contributed by atoms with Crippen molar-refractivity contribution in [2.75, 3.05) is 6.61 Å². The van der Waals surface area contributed by atoms with Gasteiger partial charge in [0.25, 0.3) is 0 Å². The van der Waals surface area contributed by atoms with Crippen LogP contribution < -0.4 is 0 Å². The lowest BCUT2D eigenvalue weighted by atomic mass is 9.34. The number of esters is 2. The van der Waals surface area contributed by atoms with Crippen molar-refractivity contribution < 1.29 is 34.0 Å². The lowest BCUT2D eigenvalue weighted by Crippen LogP contribution is -2.67. The molecular formula is C35H56O7. The Morgan fingerprint density at radius 1 is 1.00 bits per heavy atom. The van der Waals surface area contributed by atoms with E-state index in [4.69, 9.17) is 14.2 Å². The Balaban J connectivity index is 1.66. The lowest BCUT2D eigenvalue weighted by molar-refractivity contribution is -0.233. The highest BCUT2D eigenvalue weighted by atomic mass is 16.7. The average molecular weight is 589 g/mol. The molecule has 1 heterocycles. The fraction of sp³-hybridized carbons (Fsp3) is 0.886. The first-order valence-electron chi connectivity index (χ1n) is 16.7. The summed E-state index contributed by atoms with van der Waals surface area (Å²) in [5, 5.41) is 21.9. The molecule has 7 heteroatoms. The zero-order valence-electron chi connectivity index (χ0n) is 27.5. The molecule has 11 atom stereocenters. The number of cyclic esters (lactones) is 1. The maximum atomic E-state index is 13.7. The van der Waals surface area contributed by atoms with E-state index in [-0.39, 0.29) is 34.5 Å². The monoisotopic (exact) mass is 588 g/mol. The summed E-state index contributed by atoms with van der Waals surface area (Å²) in [4.78, 5) is 27.2. The summed E-state index contributed by atoms with van der Waals surface area (Å²) in [5.41, 5.74) is 0.335. The normalized spacial score (nSPS) is 47.2. The van der Waals surface area contributed by atoms with Gasteiger partial charge >= 0.3 is 11.9 Å². The summed E-state index contributed by atoms with van der Waals surface area (Å²) in [5.74, 6) is -1.94. The van der Waals surface area contributed by atoms with Crippen LogP contribution in [0.25, 0.3) is 0 Å². The van der Waals surface area contributed by atoms with Gasteiger partial charge in [-0.15, -0.1) is 0 Å². The Kier molecular flexibility index (Phi) is 8.05. The highest BCUT2D eigenvalue weighted by Crippen LogP contribution is 2.74. The van der Waals surface area contributed by atoms with Crippen molar-refractivity contribution in [3.63, 3.8) is 0 Å². The molecule has 0 radical (unpaired) electrons. The Morgan fingerprint density at radius 3 is 2.29 bits per heavy atom. The summed E-state index contributed by atoms with van der Waals surface area (Å²) in [6.45, 7) is 19.5. The molecule has 1 aliphatic heterocycles. The van der Waals surface area contributed by atoms with Crippen LogP contribution >= 0.6 is 0 Å². The zero-order valence-corrected chi connectivity index (χ0v) is 27.5. The second kappa shape index (κ2) is 10.6. The van der Waals surface area contributed by atoms with E-state index in [9.17, 15) is 19.8 Å². The number of hydrogen-bond donors (Lipinski definition) is 2. The van der Waals surface area contributed by atoms with Crippen LogP contribution in [0.15, 0.2) is 11.1 Å². The molecular weight excluding hydrogens is 532 g/mol. The number of rotatable bonds is 7. The number of aliphatic hydroxyl groups is 2. The van der Waals surface area contributed by atoms with E-state index in [1.807, 2.05) is 20.8 Å². The molecule has 238 valence electrons. The van der Waals surface area contributed by atoms with Gasteiger partial charge in [0.2, 0.25) is 5.79 Å². The molecule has 2 N–H and O–H groups in total. The molecule has 0 bridgehead atoms. The van der Waals surface area contributed by atoms with Gasteiger partial charge in [-0.3, -0.25) is 4.79 Å². The molecule has 3 saturated carbocycles. The van der Waals surface area contributed by atoms with Gasteiger partial charge in [-0.05, 0) is 85.4 Å². The Labute approximate surface area is 253 Å². The SMILES string of the molecule is CCO[C@@H]1C[C@H]2[C@]3(C)CC[C@H]4[C@@](C)(CC)CCC[C@]4(C)[C@H]3C[C@H](OC(=O)CC(O)C(C)C)[C@]2(C)C2=C1[C@@](C)(O)OC2=O. The van der Waals surface area contributed by atoms with Crippen molar-refractivity contribution in [1.29, 1.82) is 0 Å². The predicted octanol–water partition coefficient (Wildman–Crippen LogP) is 6.34. The van der Waals surface area contributed by atoms with Gasteiger partial charge in [0.15, 0.2) is 0 Å². The first-order chi connectivity index (χ1) is 19.5. The van der Waals surface area contributed by atoms with Crippen LogP contribution in [0.2, 0.25) is 0 Å². The van der Waals surface area contributed by atoms with Crippen molar-refractivity contribution in [3.8, 4) is 0 Å². The third-order valence-corrected chi connectivity index (χ3v) is 13.5. The molecule has 0 spiro atoms. The van der Waals surface area contributed by atoms with Crippen LogP contribution in [-0.4, -0.2) is 52.9 Å². The minimum atomic E-state index is -1.77. The second-order valence-corrected chi connectivity index (χ2v) is 15.9. The van der Waals surface area contributed by atoms with Crippen LogP contribution in [0.5, 0.6) is 0 Å². The average Bonchev–Trinajstić information content (AvgIpc) is 3.15. The molecule has 0 saturated heterocycles. The van der Waals surface area contributed by atoms with E-state index in [0.717, 1.165) is 25.7 Å². The molecule has 0 aromatic carbocycles. The van der Waals surface area contributed by atoms with E-state index in [2.05, 4.69) is 34.6 Å². The van der Waals surface area contributed by atoms with E-state index in [0.29, 0.717) is 42.4 Å². The lowest BCUT2D eigenvalue weighted by Gasteiger charge is -2.70. The van der Waals surface area contributed by atoms with Crippen LogP contribution in [0, 0.1) is 45.3 Å². The van der Waals surface area contributed by atoms with Crippen LogP contribution in [-0.2, 0) is 23.8 Å². The van der Waals surface area contributed by atoms with Gasteiger partial charge in [0, 0.05) is 24.5 Å². The van der Waals surface area contributed by atoms with Gasteiger partial charge in [0.1, 0.15) is 6.10 Å². The minimum absolute atomic E-state index is 0.0130.